The first-order valence-electron chi connectivity index (χ1n) is 13.3. The zero-order chi connectivity index (χ0) is 27.0. The van der Waals surface area contributed by atoms with Gasteiger partial charge in [0.25, 0.3) is 5.89 Å². The normalized spacial score (nSPS) is 12.1. The third kappa shape index (κ3) is 6.59. The molecule has 0 spiro atoms. The van der Waals surface area contributed by atoms with Crippen LogP contribution in [0.3, 0.4) is 0 Å². The van der Waals surface area contributed by atoms with Crippen LogP contribution in [-0.4, -0.2) is 32.8 Å². The molecule has 200 valence electrons. The Hall–Kier alpha value is -4.30. The number of hydrogen-bond acceptors (Lipinski definition) is 7. The highest BCUT2D eigenvalue weighted by Gasteiger charge is 2.18. The number of rotatable bonds is 13. The third-order valence-corrected chi connectivity index (χ3v) is 6.83. The summed E-state index contributed by atoms with van der Waals surface area (Å²) in [5.74, 6) is 1.76. The maximum absolute atomic E-state index is 12.2. The predicted molar refractivity (Wildman–Crippen MR) is 151 cm³/mol. The zero-order valence-electron chi connectivity index (χ0n) is 22.3. The largest absolute Gasteiger partial charge is 0.496 e. The summed E-state index contributed by atoms with van der Waals surface area (Å²) in [6.07, 6.45) is 8.78. The van der Waals surface area contributed by atoms with E-state index in [4.69, 9.17) is 14.1 Å². The average Bonchev–Trinajstić information content (AvgIpc) is 3.67. The Morgan fingerprint density at radius 2 is 1.95 bits per heavy atom. The van der Waals surface area contributed by atoms with Gasteiger partial charge in [-0.05, 0) is 37.5 Å². The molecule has 0 saturated heterocycles. The van der Waals surface area contributed by atoms with Crippen molar-refractivity contribution in [1.29, 1.82) is 0 Å². The lowest BCUT2D eigenvalue weighted by Crippen LogP contribution is -2.22. The standard InChI is InChI=1S/C31H33N5O3/c1-21-13-14-23-17-24(29(38-2)18-26(23)35-21)27-20-34-30(36-27)25(33-19-22-9-5-3-6-10-22)11-7-4-8-12-28(37)31-32-15-16-39-31/h3,5-6,9-10,13-18,20,25,33H,4,7-8,11-12,19H2,1-2H3,(H,34,36)/t25-/m0/s1. The predicted octanol–water partition coefficient (Wildman–Crippen LogP) is 6.59. The maximum Gasteiger partial charge on any atom is 0.263 e. The highest BCUT2D eigenvalue weighted by Crippen LogP contribution is 2.33. The lowest BCUT2D eigenvalue weighted by Gasteiger charge is -2.17. The number of nitrogens with zero attached hydrogens (tertiary/aromatic N) is 3. The smallest absolute Gasteiger partial charge is 0.263 e. The molecule has 0 saturated carbocycles. The number of H-pyrrole nitrogens is 1. The molecular weight excluding hydrogens is 490 g/mol. The van der Waals surface area contributed by atoms with Crippen molar-refractivity contribution in [3.63, 3.8) is 0 Å². The van der Waals surface area contributed by atoms with Gasteiger partial charge in [0, 0.05) is 35.7 Å². The van der Waals surface area contributed by atoms with Crippen LogP contribution in [-0.2, 0) is 6.54 Å². The molecule has 3 aromatic heterocycles. The maximum atomic E-state index is 12.2. The number of carbonyl (C=O) groups excluding carboxylic acids is 1. The minimum absolute atomic E-state index is 0.0252. The van der Waals surface area contributed by atoms with Gasteiger partial charge in [-0.15, -0.1) is 0 Å². The lowest BCUT2D eigenvalue weighted by molar-refractivity contribution is 0.0945. The number of ketones is 1. The number of methoxy groups -OCH3 is 1. The number of carbonyl (C=O) groups is 1. The van der Waals surface area contributed by atoms with E-state index >= 15 is 0 Å². The first-order chi connectivity index (χ1) is 19.1. The van der Waals surface area contributed by atoms with E-state index < -0.39 is 0 Å². The van der Waals surface area contributed by atoms with Crippen molar-refractivity contribution in [3.8, 4) is 17.0 Å². The molecule has 0 fully saturated rings. The van der Waals surface area contributed by atoms with E-state index in [2.05, 4.69) is 44.5 Å². The second kappa shape index (κ2) is 12.5. The Bertz CT molecular complexity index is 1510. The van der Waals surface area contributed by atoms with E-state index in [0.717, 1.165) is 71.7 Å². The van der Waals surface area contributed by atoms with Crippen molar-refractivity contribution in [2.75, 3.05) is 7.11 Å². The second-order valence-electron chi connectivity index (χ2n) is 9.66. The van der Waals surface area contributed by atoms with Crippen LogP contribution in [0.4, 0.5) is 0 Å². The molecule has 1 atom stereocenters. The highest BCUT2D eigenvalue weighted by atomic mass is 16.5. The van der Waals surface area contributed by atoms with E-state index in [1.165, 1.54) is 18.0 Å². The van der Waals surface area contributed by atoms with Crippen molar-refractivity contribution in [2.45, 2.75) is 51.6 Å². The van der Waals surface area contributed by atoms with Gasteiger partial charge in [-0.3, -0.25) is 9.78 Å². The van der Waals surface area contributed by atoms with Gasteiger partial charge in [0.2, 0.25) is 5.78 Å². The summed E-state index contributed by atoms with van der Waals surface area (Å²) in [6.45, 7) is 2.71. The van der Waals surface area contributed by atoms with Gasteiger partial charge in [0.1, 0.15) is 17.8 Å². The molecule has 2 N–H and O–H groups in total. The fourth-order valence-corrected chi connectivity index (χ4v) is 4.73. The number of pyridine rings is 1. The Morgan fingerprint density at radius 3 is 2.74 bits per heavy atom. The van der Waals surface area contributed by atoms with Crippen LogP contribution in [0.2, 0.25) is 0 Å². The molecule has 2 aromatic carbocycles. The molecule has 8 heteroatoms. The monoisotopic (exact) mass is 523 g/mol. The summed E-state index contributed by atoms with van der Waals surface area (Å²) in [5, 5.41) is 4.72. The molecular formula is C31H33N5O3. The number of oxazole rings is 1. The van der Waals surface area contributed by atoms with Crippen molar-refractivity contribution in [1.82, 2.24) is 25.3 Å². The summed E-state index contributed by atoms with van der Waals surface area (Å²) < 4.78 is 10.8. The molecule has 0 radical (unpaired) electrons. The summed E-state index contributed by atoms with van der Waals surface area (Å²) >= 11 is 0. The number of hydrogen-bond donors (Lipinski definition) is 2. The molecule has 0 unspecified atom stereocenters. The van der Waals surface area contributed by atoms with Crippen molar-refractivity contribution >= 4 is 16.7 Å². The van der Waals surface area contributed by atoms with Gasteiger partial charge in [-0.25, -0.2) is 9.97 Å². The van der Waals surface area contributed by atoms with E-state index in [1.807, 2.05) is 43.5 Å². The topological polar surface area (TPSA) is 106 Å². The van der Waals surface area contributed by atoms with E-state index in [9.17, 15) is 4.79 Å². The van der Waals surface area contributed by atoms with Crippen molar-refractivity contribution < 1.29 is 13.9 Å². The van der Waals surface area contributed by atoms with Crippen LogP contribution in [0.15, 0.2) is 77.7 Å². The van der Waals surface area contributed by atoms with Crippen LogP contribution in [0.5, 0.6) is 5.75 Å². The van der Waals surface area contributed by atoms with Gasteiger partial charge in [0.15, 0.2) is 0 Å². The molecule has 3 heterocycles. The summed E-state index contributed by atoms with van der Waals surface area (Å²) in [5.41, 5.74) is 4.92. The Labute approximate surface area is 227 Å². The Kier molecular flexibility index (Phi) is 8.43. The molecule has 0 aliphatic carbocycles. The molecule has 5 rings (SSSR count). The summed E-state index contributed by atoms with van der Waals surface area (Å²) in [6, 6.07) is 18.5. The number of aryl methyl sites for hydroxylation is 1. The van der Waals surface area contributed by atoms with Crippen LogP contribution in [0.1, 0.15) is 65.9 Å². The Morgan fingerprint density at radius 1 is 1.08 bits per heavy atom. The molecule has 39 heavy (non-hydrogen) atoms. The van der Waals surface area contributed by atoms with E-state index in [0.29, 0.717) is 6.42 Å². The van der Waals surface area contributed by atoms with Gasteiger partial charge in [0.05, 0.1) is 36.8 Å². The van der Waals surface area contributed by atoms with Crippen LogP contribution in [0.25, 0.3) is 22.2 Å². The third-order valence-electron chi connectivity index (χ3n) is 6.83. The zero-order valence-corrected chi connectivity index (χ0v) is 22.3. The Balaban J connectivity index is 1.29. The van der Waals surface area contributed by atoms with Crippen molar-refractivity contribution in [2.24, 2.45) is 0 Å². The van der Waals surface area contributed by atoms with Crippen LogP contribution < -0.4 is 10.1 Å². The number of unbranched alkanes of at least 4 members (excludes halogenated alkanes) is 2. The van der Waals surface area contributed by atoms with Crippen molar-refractivity contribution in [3.05, 3.63) is 96.2 Å². The minimum atomic E-state index is -0.0517. The fourth-order valence-electron chi connectivity index (χ4n) is 4.73. The number of ether oxygens (including phenoxy) is 1. The number of fused-ring (bicyclic) bond motifs is 1. The highest BCUT2D eigenvalue weighted by molar-refractivity contribution is 5.91. The SMILES string of the molecule is COc1cc2nc(C)ccc2cc1-c1cnc([C@H](CCCCCC(=O)c2ncco2)NCc2ccccc2)[nH]1. The first-order valence-corrected chi connectivity index (χ1v) is 13.3. The quantitative estimate of drug-likeness (QED) is 0.132. The number of aromatic nitrogens is 4. The number of aromatic amines is 1. The molecule has 5 aromatic rings. The molecule has 0 bridgehead atoms. The van der Waals surface area contributed by atoms with Gasteiger partial charge in [-0.2, -0.15) is 0 Å². The lowest BCUT2D eigenvalue weighted by atomic mass is 10.0. The number of imidazole rings is 1. The van der Waals surface area contributed by atoms with Gasteiger partial charge < -0.3 is 19.5 Å². The number of nitrogens with one attached hydrogen (secondary N) is 2. The first kappa shape index (κ1) is 26.3. The fraction of sp³-hybridized carbons (Fsp3) is 0.290. The number of Topliss-reactive ketones (excluding diaryl/α,β-unsaturated/α-hetero) is 1. The van der Waals surface area contributed by atoms with Gasteiger partial charge in [-0.1, -0.05) is 49.2 Å². The molecule has 8 nitrogen and oxygen atoms in total. The molecule has 0 aliphatic rings. The van der Waals surface area contributed by atoms with Gasteiger partial charge >= 0.3 is 0 Å². The second-order valence-corrected chi connectivity index (χ2v) is 9.66. The number of benzene rings is 2. The van der Waals surface area contributed by atoms with E-state index in [-0.39, 0.29) is 17.7 Å². The molecule has 0 aliphatic heterocycles. The summed E-state index contributed by atoms with van der Waals surface area (Å²) in [7, 11) is 1.68. The van der Waals surface area contributed by atoms with E-state index in [1.54, 1.807) is 7.11 Å². The average molecular weight is 524 g/mol. The minimum Gasteiger partial charge on any atom is -0.496 e. The molecule has 0 amide bonds. The van der Waals surface area contributed by atoms with Crippen LogP contribution in [0, 0.1) is 6.92 Å². The summed E-state index contributed by atoms with van der Waals surface area (Å²) in [4.78, 5) is 29.1. The van der Waals surface area contributed by atoms with Crippen LogP contribution >= 0.6 is 0 Å².